The first kappa shape index (κ1) is 12.1. The molecule has 0 fully saturated rings. The average molecular weight is 249 g/mol. The molecule has 15 heavy (non-hydrogen) atoms. The van der Waals surface area contributed by atoms with Gasteiger partial charge in [0.1, 0.15) is 0 Å². The number of nitrogens with one attached hydrogen (secondary N) is 1. The molecular weight excluding hydrogens is 238 g/mol. The Labute approximate surface area is 92.0 Å². The van der Waals surface area contributed by atoms with Crippen molar-refractivity contribution in [3.8, 4) is 0 Å². The van der Waals surface area contributed by atoms with Gasteiger partial charge in [-0.1, -0.05) is 11.3 Å². The normalized spacial score (nSPS) is 11.7. The Bertz CT molecular complexity index is 464. The summed E-state index contributed by atoms with van der Waals surface area (Å²) in [6, 6.07) is 0. The minimum atomic E-state index is -3.45. The van der Waals surface area contributed by atoms with E-state index in [2.05, 4.69) is 10.3 Å². The van der Waals surface area contributed by atoms with Crippen LogP contribution in [0.5, 0.6) is 0 Å². The van der Waals surface area contributed by atoms with Gasteiger partial charge in [-0.3, -0.25) is 4.79 Å². The van der Waals surface area contributed by atoms with Gasteiger partial charge in [0.15, 0.2) is 9.34 Å². The topological polar surface area (TPSA) is 79.4 Å². The van der Waals surface area contributed by atoms with E-state index < -0.39 is 10.0 Å². The highest BCUT2D eigenvalue weighted by atomic mass is 32.2. The summed E-state index contributed by atoms with van der Waals surface area (Å²) in [4.78, 5) is 14.5. The average Bonchev–Trinajstić information content (AvgIpc) is 2.51. The molecule has 0 spiro atoms. The Balaban J connectivity index is 2.99. The molecule has 0 aliphatic carbocycles. The van der Waals surface area contributed by atoms with Crippen LogP contribution in [0, 0.1) is 0 Å². The van der Waals surface area contributed by atoms with Crippen molar-refractivity contribution in [3.05, 3.63) is 6.20 Å². The summed E-state index contributed by atoms with van der Waals surface area (Å²) in [6.45, 7) is 1.33. The number of aromatic nitrogens is 1. The molecule has 1 aromatic rings. The molecule has 0 bridgehead atoms. The highest BCUT2D eigenvalue weighted by molar-refractivity contribution is 7.91. The molecule has 1 aromatic heterocycles. The lowest BCUT2D eigenvalue weighted by atomic mass is 10.7. The lowest BCUT2D eigenvalue weighted by molar-refractivity contribution is -0.114. The predicted octanol–water partition coefficient (Wildman–Crippen LogP) is 0.352. The van der Waals surface area contributed by atoms with Crippen LogP contribution in [-0.2, 0) is 14.8 Å². The zero-order valence-electron chi connectivity index (χ0n) is 8.51. The molecule has 6 nitrogen and oxygen atoms in total. The van der Waals surface area contributed by atoms with Crippen LogP contribution in [-0.4, -0.2) is 37.7 Å². The first-order chi connectivity index (χ1) is 6.84. The number of sulfonamides is 1. The van der Waals surface area contributed by atoms with Crippen LogP contribution in [0.3, 0.4) is 0 Å². The number of thiazole rings is 1. The molecule has 0 aliphatic heterocycles. The fraction of sp³-hybridized carbons (Fsp3) is 0.429. The molecule has 0 radical (unpaired) electrons. The Morgan fingerprint density at radius 2 is 2.13 bits per heavy atom. The smallest absolute Gasteiger partial charge is 0.253 e. The molecule has 0 aliphatic rings. The summed E-state index contributed by atoms with van der Waals surface area (Å²) >= 11 is 0.924. The van der Waals surface area contributed by atoms with Crippen LogP contribution in [0.1, 0.15) is 6.92 Å². The summed E-state index contributed by atoms with van der Waals surface area (Å²) in [7, 11) is -0.579. The largest absolute Gasteiger partial charge is 0.302 e. The third kappa shape index (κ3) is 2.74. The summed E-state index contributed by atoms with van der Waals surface area (Å²) < 4.78 is 24.4. The predicted molar refractivity (Wildman–Crippen MR) is 57.3 cm³/mol. The van der Waals surface area contributed by atoms with Gasteiger partial charge in [0.05, 0.1) is 6.20 Å². The monoisotopic (exact) mass is 249 g/mol. The second-order valence-electron chi connectivity index (χ2n) is 2.95. The second kappa shape index (κ2) is 4.25. The third-order valence-electron chi connectivity index (χ3n) is 1.50. The van der Waals surface area contributed by atoms with Crippen LogP contribution < -0.4 is 5.32 Å². The van der Waals surface area contributed by atoms with Gasteiger partial charge >= 0.3 is 0 Å². The maximum absolute atomic E-state index is 11.6. The number of hydrogen-bond acceptors (Lipinski definition) is 5. The van der Waals surface area contributed by atoms with Crippen molar-refractivity contribution in [1.29, 1.82) is 0 Å². The van der Waals surface area contributed by atoms with Gasteiger partial charge in [0, 0.05) is 21.0 Å². The number of anilines is 1. The molecule has 1 heterocycles. The van der Waals surface area contributed by atoms with E-state index in [1.165, 1.54) is 27.2 Å². The highest BCUT2D eigenvalue weighted by Gasteiger charge is 2.20. The fourth-order valence-electron chi connectivity index (χ4n) is 0.767. The molecule has 1 rings (SSSR count). The van der Waals surface area contributed by atoms with E-state index in [0.717, 1.165) is 15.6 Å². The molecule has 0 aromatic carbocycles. The molecule has 0 unspecified atom stereocenters. The molecular formula is C7H11N3O3S2. The van der Waals surface area contributed by atoms with E-state index in [1.54, 1.807) is 0 Å². The summed E-state index contributed by atoms with van der Waals surface area (Å²) in [6.07, 6.45) is 1.23. The Kier molecular flexibility index (Phi) is 3.42. The lowest BCUT2D eigenvalue weighted by Crippen LogP contribution is -2.21. The number of nitrogens with zero attached hydrogens (tertiary/aromatic N) is 2. The summed E-state index contributed by atoms with van der Waals surface area (Å²) in [5.41, 5.74) is 0. The standard InChI is InChI=1S/C7H11N3O3S2/c1-5(11)9-7-8-4-6(14-7)15(12,13)10(2)3/h4H,1-3H3,(H,8,9,11). The third-order valence-corrected chi connectivity index (χ3v) is 4.67. The van der Waals surface area contributed by atoms with Crippen LogP contribution >= 0.6 is 11.3 Å². The minimum Gasteiger partial charge on any atom is -0.302 e. The van der Waals surface area contributed by atoms with Crippen molar-refractivity contribution in [1.82, 2.24) is 9.29 Å². The Morgan fingerprint density at radius 1 is 1.53 bits per heavy atom. The maximum atomic E-state index is 11.6. The second-order valence-corrected chi connectivity index (χ2v) is 6.36. The van der Waals surface area contributed by atoms with Crippen LogP contribution in [0.4, 0.5) is 5.13 Å². The lowest BCUT2D eigenvalue weighted by Gasteiger charge is -2.07. The van der Waals surface area contributed by atoms with Gasteiger partial charge < -0.3 is 5.32 Å². The van der Waals surface area contributed by atoms with Crippen molar-refractivity contribution >= 4 is 32.4 Å². The first-order valence-corrected chi connectivity index (χ1v) is 6.25. The van der Waals surface area contributed by atoms with E-state index in [-0.39, 0.29) is 15.2 Å². The molecule has 84 valence electrons. The number of amides is 1. The molecule has 0 atom stereocenters. The molecule has 1 amide bonds. The van der Waals surface area contributed by atoms with E-state index in [9.17, 15) is 13.2 Å². The van der Waals surface area contributed by atoms with Gasteiger partial charge in [-0.15, -0.1) is 0 Å². The Morgan fingerprint density at radius 3 is 2.60 bits per heavy atom. The van der Waals surface area contributed by atoms with E-state index in [4.69, 9.17) is 0 Å². The molecule has 0 saturated heterocycles. The highest BCUT2D eigenvalue weighted by Crippen LogP contribution is 2.24. The SMILES string of the molecule is CC(=O)Nc1ncc(S(=O)(=O)N(C)C)s1. The number of hydrogen-bond donors (Lipinski definition) is 1. The van der Waals surface area contributed by atoms with Crippen molar-refractivity contribution in [2.24, 2.45) is 0 Å². The van der Waals surface area contributed by atoms with Crippen LogP contribution in [0.2, 0.25) is 0 Å². The van der Waals surface area contributed by atoms with Gasteiger partial charge in [-0.05, 0) is 0 Å². The quantitative estimate of drug-likeness (QED) is 0.838. The fourth-order valence-corrected chi connectivity index (χ4v) is 3.01. The number of rotatable bonds is 3. The van der Waals surface area contributed by atoms with E-state index >= 15 is 0 Å². The first-order valence-electron chi connectivity index (χ1n) is 4.00. The van der Waals surface area contributed by atoms with E-state index in [0.29, 0.717) is 0 Å². The van der Waals surface area contributed by atoms with Crippen molar-refractivity contribution in [2.45, 2.75) is 11.1 Å². The van der Waals surface area contributed by atoms with Gasteiger partial charge in [0.2, 0.25) is 5.91 Å². The van der Waals surface area contributed by atoms with Crippen molar-refractivity contribution < 1.29 is 13.2 Å². The minimum absolute atomic E-state index is 0.108. The summed E-state index contributed by atoms with van der Waals surface area (Å²) in [5, 5.41) is 2.70. The van der Waals surface area contributed by atoms with Gasteiger partial charge in [-0.2, -0.15) is 0 Å². The Hall–Kier alpha value is -0.990. The van der Waals surface area contributed by atoms with Crippen molar-refractivity contribution in [2.75, 3.05) is 19.4 Å². The molecule has 0 saturated carbocycles. The van der Waals surface area contributed by atoms with E-state index in [1.807, 2.05) is 0 Å². The zero-order chi connectivity index (χ0) is 11.6. The summed E-state index contributed by atoms with van der Waals surface area (Å²) in [5.74, 6) is -0.279. The maximum Gasteiger partial charge on any atom is 0.253 e. The molecule has 8 heteroatoms. The zero-order valence-corrected chi connectivity index (χ0v) is 10.1. The van der Waals surface area contributed by atoms with Crippen molar-refractivity contribution in [3.63, 3.8) is 0 Å². The molecule has 1 N–H and O–H groups in total. The van der Waals surface area contributed by atoms with Crippen LogP contribution in [0.15, 0.2) is 10.4 Å². The number of carbonyl (C=O) groups is 1. The van der Waals surface area contributed by atoms with Gasteiger partial charge in [-0.25, -0.2) is 17.7 Å². The number of carbonyl (C=O) groups excluding carboxylic acids is 1. The van der Waals surface area contributed by atoms with Gasteiger partial charge in [0.25, 0.3) is 10.0 Å². The van der Waals surface area contributed by atoms with Crippen LogP contribution in [0.25, 0.3) is 0 Å².